The summed E-state index contributed by atoms with van der Waals surface area (Å²) in [6.45, 7) is 6.15. The van der Waals surface area contributed by atoms with Crippen molar-refractivity contribution in [3.8, 4) is 0 Å². The highest BCUT2D eigenvalue weighted by atomic mass is 16.2. The van der Waals surface area contributed by atoms with Crippen molar-refractivity contribution in [3.05, 3.63) is 0 Å². The molecule has 1 aliphatic heterocycles. The van der Waals surface area contributed by atoms with Crippen LogP contribution >= 0.6 is 0 Å². The van der Waals surface area contributed by atoms with Gasteiger partial charge in [-0.1, -0.05) is 39.5 Å². The molecule has 2 aliphatic rings. The molecule has 4 nitrogen and oxygen atoms in total. The molecule has 1 saturated heterocycles. The van der Waals surface area contributed by atoms with Crippen LogP contribution in [0.2, 0.25) is 0 Å². The number of amides is 2. The van der Waals surface area contributed by atoms with Crippen molar-refractivity contribution < 1.29 is 9.59 Å². The minimum atomic E-state index is -0.334. The fourth-order valence-electron chi connectivity index (χ4n) is 3.56. The Bertz CT molecular complexity index is 363. The van der Waals surface area contributed by atoms with E-state index in [0.29, 0.717) is 12.5 Å². The zero-order valence-electron chi connectivity index (χ0n) is 13.0. The third-order valence-corrected chi connectivity index (χ3v) is 4.97. The van der Waals surface area contributed by atoms with Gasteiger partial charge in [-0.25, -0.2) is 0 Å². The second-order valence-corrected chi connectivity index (χ2v) is 6.52. The molecule has 114 valence electrons. The molecule has 0 radical (unpaired) electrons. The van der Waals surface area contributed by atoms with Crippen LogP contribution in [0.4, 0.5) is 0 Å². The van der Waals surface area contributed by atoms with Crippen molar-refractivity contribution in [2.45, 2.75) is 83.8 Å². The Morgan fingerprint density at radius 2 is 1.90 bits per heavy atom. The first-order chi connectivity index (χ1) is 9.54. The van der Waals surface area contributed by atoms with Crippen molar-refractivity contribution in [3.63, 3.8) is 0 Å². The standard InChI is InChI=1S/C16H28N2O2/c1-4-11(2)15-16(20)18(12(3)10-14(19)17-15)13-8-6-5-7-9-13/h11-13,15H,4-10H2,1-3H3,(H,17,19). The van der Waals surface area contributed by atoms with Crippen LogP contribution in [0.15, 0.2) is 0 Å². The summed E-state index contributed by atoms with van der Waals surface area (Å²) in [5.74, 6) is 0.363. The predicted molar refractivity (Wildman–Crippen MR) is 79.2 cm³/mol. The first kappa shape index (κ1) is 15.3. The van der Waals surface area contributed by atoms with Gasteiger partial charge in [0.05, 0.1) is 0 Å². The number of hydrogen-bond donors (Lipinski definition) is 1. The number of nitrogens with one attached hydrogen (secondary N) is 1. The van der Waals surface area contributed by atoms with Crippen LogP contribution in [0, 0.1) is 5.92 Å². The van der Waals surface area contributed by atoms with E-state index in [1.54, 1.807) is 0 Å². The average molecular weight is 280 g/mol. The van der Waals surface area contributed by atoms with Crippen LogP contribution in [-0.2, 0) is 9.59 Å². The number of carbonyl (C=O) groups is 2. The molecular weight excluding hydrogens is 252 g/mol. The lowest BCUT2D eigenvalue weighted by Crippen LogP contribution is -2.53. The molecular formula is C16H28N2O2. The van der Waals surface area contributed by atoms with Gasteiger partial charge in [0.2, 0.25) is 11.8 Å². The Balaban J connectivity index is 2.21. The average Bonchev–Trinajstić information content (AvgIpc) is 2.55. The zero-order valence-corrected chi connectivity index (χ0v) is 13.0. The number of nitrogens with zero attached hydrogens (tertiary/aromatic N) is 1. The Hall–Kier alpha value is -1.06. The van der Waals surface area contributed by atoms with Crippen LogP contribution in [-0.4, -0.2) is 34.8 Å². The SMILES string of the molecule is CCC(C)C1NC(=O)CC(C)N(C2CCCCC2)C1=O. The van der Waals surface area contributed by atoms with Crippen molar-refractivity contribution >= 4 is 11.8 Å². The van der Waals surface area contributed by atoms with Crippen molar-refractivity contribution in [2.24, 2.45) is 5.92 Å². The summed E-state index contributed by atoms with van der Waals surface area (Å²) < 4.78 is 0. The molecule has 2 rings (SSSR count). The highest BCUT2D eigenvalue weighted by molar-refractivity contribution is 5.90. The fraction of sp³-hybridized carbons (Fsp3) is 0.875. The summed E-state index contributed by atoms with van der Waals surface area (Å²) in [5.41, 5.74) is 0. The first-order valence-corrected chi connectivity index (χ1v) is 8.16. The molecule has 2 amide bonds. The van der Waals surface area contributed by atoms with Gasteiger partial charge in [0.1, 0.15) is 6.04 Å². The van der Waals surface area contributed by atoms with Crippen LogP contribution in [0.3, 0.4) is 0 Å². The first-order valence-electron chi connectivity index (χ1n) is 8.16. The van der Waals surface area contributed by atoms with E-state index in [2.05, 4.69) is 19.2 Å². The minimum Gasteiger partial charge on any atom is -0.344 e. The highest BCUT2D eigenvalue weighted by Gasteiger charge is 2.39. The van der Waals surface area contributed by atoms with E-state index in [0.717, 1.165) is 19.3 Å². The van der Waals surface area contributed by atoms with Crippen LogP contribution in [0.5, 0.6) is 0 Å². The van der Waals surface area contributed by atoms with Crippen molar-refractivity contribution in [2.75, 3.05) is 0 Å². The van der Waals surface area contributed by atoms with E-state index in [1.807, 2.05) is 11.8 Å². The number of carbonyl (C=O) groups excluding carboxylic acids is 2. The van der Waals surface area contributed by atoms with Gasteiger partial charge in [0, 0.05) is 18.5 Å². The molecule has 3 atom stereocenters. The molecule has 0 aromatic carbocycles. The molecule has 1 aliphatic carbocycles. The Morgan fingerprint density at radius 3 is 2.50 bits per heavy atom. The Kier molecular flexibility index (Phi) is 5.06. The maximum absolute atomic E-state index is 12.9. The molecule has 0 aromatic heterocycles. The lowest BCUT2D eigenvalue weighted by molar-refractivity contribution is -0.139. The quantitative estimate of drug-likeness (QED) is 0.863. The molecule has 0 spiro atoms. The maximum atomic E-state index is 12.9. The molecule has 4 heteroatoms. The molecule has 1 heterocycles. The second kappa shape index (κ2) is 6.59. The van der Waals surface area contributed by atoms with E-state index in [9.17, 15) is 9.59 Å². The molecule has 3 unspecified atom stereocenters. The van der Waals surface area contributed by atoms with E-state index >= 15 is 0 Å². The normalized spacial score (nSPS) is 30.9. The van der Waals surface area contributed by atoms with Gasteiger partial charge in [0.25, 0.3) is 0 Å². The van der Waals surface area contributed by atoms with E-state index < -0.39 is 0 Å². The van der Waals surface area contributed by atoms with Crippen molar-refractivity contribution in [1.82, 2.24) is 10.2 Å². The largest absolute Gasteiger partial charge is 0.344 e. The topological polar surface area (TPSA) is 49.4 Å². The molecule has 1 N–H and O–H groups in total. The minimum absolute atomic E-state index is 0.0226. The lowest BCUT2D eigenvalue weighted by atomic mass is 9.91. The maximum Gasteiger partial charge on any atom is 0.245 e. The van der Waals surface area contributed by atoms with E-state index in [1.165, 1.54) is 19.3 Å². The number of rotatable bonds is 3. The Morgan fingerprint density at radius 1 is 1.25 bits per heavy atom. The van der Waals surface area contributed by atoms with E-state index in [-0.39, 0.29) is 29.8 Å². The lowest BCUT2D eigenvalue weighted by Gasteiger charge is -2.39. The zero-order chi connectivity index (χ0) is 14.7. The van der Waals surface area contributed by atoms with E-state index in [4.69, 9.17) is 0 Å². The Labute approximate surface area is 122 Å². The van der Waals surface area contributed by atoms with Gasteiger partial charge >= 0.3 is 0 Å². The molecule has 2 fully saturated rings. The third-order valence-electron chi connectivity index (χ3n) is 4.97. The summed E-state index contributed by atoms with van der Waals surface area (Å²) in [4.78, 5) is 27.0. The van der Waals surface area contributed by atoms with Gasteiger partial charge in [-0.15, -0.1) is 0 Å². The van der Waals surface area contributed by atoms with Gasteiger partial charge < -0.3 is 10.2 Å². The third kappa shape index (κ3) is 3.15. The number of hydrogen-bond acceptors (Lipinski definition) is 2. The van der Waals surface area contributed by atoms with Crippen molar-refractivity contribution in [1.29, 1.82) is 0 Å². The van der Waals surface area contributed by atoms with Crippen LogP contribution in [0.25, 0.3) is 0 Å². The summed E-state index contributed by atoms with van der Waals surface area (Å²) in [6, 6.07) is 0.0320. The predicted octanol–water partition coefficient (Wildman–Crippen LogP) is 2.47. The van der Waals surface area contributed by atoms with Gasteiger partial charge in [-0.2, -0.15) is 0 Å². The molecule has 0 aromatic rings. The monoisotopic (exact) mass is 280 g/mol. The highest BCUT2D eigenvalue weighted by Crippen LogP contribution is 2.28. The summed E-state index contributed by atoms with van der Waals surface area (Å²) in [6.07, 6.45) is 7.22. The molecule has 1 saturated carbocycles. The second-order valence-electron chi connectivity index (χ2n) is 6.52. The van der Waals surface area contributed by atoms with Gasteiger partial charge in [-0.3, -0.25) is 9.59 Å². The van der Waals surface area contributed by atoms with Crippen LogP contribution < -0.4 is 5.32 Å². The summed E-state index contributed by atoms with van der Waals surface area (Å²) in [7, 11) is 0. The summed E-state index contributed by atoms with van der Waals surface area (Å²) >= 11 is 0. The fourth-order valence-corrected chi connectivity index (χ4v) is 3.56. The van der Waals surface area contributed by atoms with Gasteiger partial charge in [-0.05, 0) is 25.7 Å². The molecule has 20 heavy (non-hydrogen) atoms. The summed E-state index contributed by atoms with van der Waals surface area (Å²) in [5, 5.41) is 2.95. The van der Waals surface area contributed by atoms with Gasteiger partial charge in [0.15, 0.2) is 0 Å². The molecule has 0 bridgehead atoms. The smallest absolute Gasteiger partial charge is 0.245 e. The van der Waals surface area contributed by atoms with Crippen LogP contribution in [0.1, 0.15) is 65.7 Å².